The molecular formula is C7H14OS2. The molecule has 0 aliphatic heterocycles. The molecule has 0 amide bonds. The second-order valence-corrected chi connectivity index (χ2v) is 3.55. The Labute approximate surface area is 73.6 Å². The molecule has 0 rings (SSSR count). The van der Waals surface area contributed by atoms with Crippen LogP contribution in [0.5, 0.6) is 0 Å². The molecule has 0 saturated carbocycles. The monoisotopic (exact) mass is 178 g/mol. The Morgan fingerprint density at radius 3 is 2.70 bits per heavy atom. The van der Waals surface area contributed by atoms with Gasteiger partial charge in [0, 0.05) is 0 Å². The standard InChI is InChI=1S/C7H14OS2/c1-3-4-6(2)5-8-7(9)10/h6H,3-5H2,1-2H3,(H,9,10). The van der Waals surface area contributed by atoms with Crippen LogP contribution in [0.15, 0.2) is 0 Å². The van der Waals surface area contributed by atoms with Crippen molar-refractivity contribution in [2.75, 3.05) is 6.61 Å². The van der Waals surface area contributed by atoms with Gasteiger partial charge in [-0.1, -0.05) is 32.9 Å². The van der Waals surface area contributed by atoms with Gasteiger partial charge in [-0.2, -0.15) is 0 Å². The third-order valence-corrected chi connectivity index (χ3v) is 1.52. The number of hydrogen-bond donors (Lipinski definition) is 1. The van der Waals surface area contributed by atoms with E-state index in [0.29, 0.717) is 16.9 Å². The number of ether oxygens (including phenoxy) is 1. The molecule has 0 bridgehead atoms. The molecule has 1 unspecified atom stereocenters. The molecule has 3 heteroatoms. The number of thiol groups is 1. The molecule has 10 heavy (non-hydrogen) atoms. The van der Waals surface area contributed by atoms with E-state index in [9.17, 15) is 0 Å². The van der Waals surface area contributed by atoms with Gasteiger partial charge in [-0.05, 0) is 24.6 Å². The molecule has 0 fully saturated rings. The van der Waals surface area contributed by atoms with E-state index in [1.807, 2.05) is 0 Å². The van der Waals surface area contributed by atoms with Gasteiger partial charge in [-0.15, -0.1) is 0 Å². The summed E-state index contributed by atoms with van der Waals surface area (Å²) in [5.74, 6) is 0.593. The predicted octanol–water partition coefficient (Wildman–Crippen LogP) is 2.65. The Hall–Kier alpha value is 0.240. The molecule has 0 aliphatic rings. The summed E-state index contributed by atoms with van der Waals surface area (Å²) in [6.45, 7) is 5.02. The first-order chi connectivity index (χ1) is 4.66. The van der Waals surface area contributed by atoms with E-state index in [-0.39, 0.29) is 0 Å². The summed E-state index contributed by atoms with van der Waals surface area (Å²) in [4.78, 5) is 0. The van der Waals surface area contributed by atoms with Crippen molar-refractivity contribution in [3.8, 4) is 0 Å². The Morgan fingerprint density at radius 2 is 2.30 bits per heavy atom. The molecule has 0 heterocycles. The molecule has 1 atom stereocenters. The molecule has 60 valence electrons. The quantitative estimate of drug-likeness (QED) is 0.523. The normalized spacial score (nSPS) is 12.7. The predicted molar refractivity (Wildman–Crippen MR) is 51.6 cm³/mol. The molecule has 1 nitrogen and oxygen atoms in total. The summed E-state index contributed by atoms with van der Waals surface area (Å²) in [6.07, 6.45) is 2.39. The smallest absolute Gasteiger partial charge is 0.216 e. The van der Waals surface area contributed by atoms with Gasteiger partial charge in [0.25, 0.3) is 0 Å². The number of thiocarbonyl (C=S) groups is 1. The summed E-state index contributed by atoms with van der Waals surface area (Å²) in [5.41, 5.74) is 0. The van der Waals surface area contributed by atoms with E-state index in [4.69, 9.17) is 4.74 Å². The number of rotatable bonds is 4. The molecule has 0 N–H and O–H groups in total. The Morgan fingerprint density at radius 1 is 1.70 bits per heavy atom. The average Bonchev–Trinajstić information content (AvgIpc) is 1.85. The van der Waals surface area contributed by atoms with Crippen LogP contribution in [0.4, 0.5) is 0 Å². The summed E-state index contributed by atoms with van der Waals surface area (Å²) in [6, 6.07) is 0. The molecule has 0 radical (unpaired) electrons. The van der Waals surface area contributed by atoms with Crippen molar-refractivity contribution < 1.29 is 4.74 Å². The summed E-state index contributed by atoms with van der Waals surface area (Å²) in [5, 5.41) is 0. The van der Waals surface area contributed by atoms with Crippen LogP contribution in [0.1, 0.15) is 26.7 Å². The summed E-state index contributed by atoms with van der Waals surface area (Å²) in [7, 11) is 0. The van der Waals surface area contributed by atoms with Crippen LogP contribution in [0.25, 0.3) is 0 Å². The van der Waals surface area contributed by atoms with Crippen LogP contribution >= 0.6 is 24.8 Å². The maximum Gasteiger partial charge on any atom is 0.216 e. The van der Waals surface area contributed by atoms with Crippen molar-refractivity contribution >= 4 is 29.2 Å². The lowest BCUT2D eigenvalue weighted by atomic mass is 10.1. The summed E-state index contributed by atoms with van der Waals surface area (Å²) >= 11 is 8.49. The molecule has 0 saturated heterocycles. The highest BCUT2D eigenvalue weighted by molar-refractivity contribution is 8.10. The fraction of sp³-hybridized carbons (Fsp3) is 0.857. The minimum atomic E-state index is 0.350. The average molecular weight is 178 g/mol. The lowest BCUT2D eigenvalue weighted by Gasteiger charge is -2.09. The van der Waals surface area contributed by atoms with E-state index in [1.165, 1.54) is 12.8 Å². The van der Waals surface area contributed by atoms with Crippen molar-refractivity contribution in [1.29, 1.82) is 0 Å². The van der Waals surface area contributed by atoms with Crippen LogP contribution in [-0.4, -0.2) is 11.0 Å². The fourth-order valence-electron chi connectivity index (χ4n) is 0.790. The highest BCUT2D eigenvalue weighted by Gasteiger charge is 2.00. The van der Waals surface area contributed by atoms with Crippen molar-refractivity contribution in [3.63, 3.8) is 0 Å². The van der Waals surface area contributed by atoms with Crippen LogP contribution in [0.2, 0.25) is 0 Å². The van der Waals surface area contributed by atoms with Crippen LogP contribution in [-0.2, 0) is 4.74 Å². The minimum Gasteiger partial charge on any atom is -0.478 e. The molecule has 0 spiro atoms. The third kappa shape index (κ3) is 6.36. The highest BCUT2D eigenvalue weighted by Crippen LogP contribution is 2.05. The second kappa shape index (κ2) is 5.98. The third-order valence-electron chi connectivity index (χ3n) is 1.27. The van der Waals surface area contributed by atoms with Gasteiger partial charge in [0.05, 0.1) is 6.61 Å². The fourth-order valence-corrected chi connectivity index (χ4v) is 0.932. The maximum absolute atomic E-state index is 5.05. The van der Waals surface area contributed by atoms with Gasteiger partial charge in [-0.25, -0.2) is 0 Å². The molecule has 0 aromatic carbocycles. The molecule has 0 aliphatic carbocycles. The molecular weight excluding hydrogens is 164 g/mol. The zero-order valence-corrected chi connectivity index (χ0v) is 8.17. The van der Waals surface area contributed by atoms with Crippen LogP contribution in [0.3, 0.4) is 0 Å². The van der Waals surface area contributed by atoms with Gasteiger partial charge in [-0.3, -0.25) is 0 Å². The van der Waals surface area contributed by atoms with Gasteiger partial charge >= 0.3 is 0 Å². The minimum absolute atomic E-state index is 0.350. The van der Waals surface area contributed by atoms with Gasteiger partial charge < -0.3 is 4.74 Å². The first-order valence-electron chi connectivity index (χ1n) is 3.52. The van der Waals surface area contributed by atoms with Crippen molar-refractivity contribution in [2.24, 2.45) is 5.92 Å². The van der Waals surface area contributed by atoms with Crippen LogP contribution in [0, 0.1) is 5.92 Å². The van der Waals surface area contributed by atoms with Gasteiger partial charge in [0.1, 0.15) is 0 Å². The van der Waals surface area contributed by atoms with Crippen molar-refractivity contribution in [1.82, 2.24) is 0 Å². The van der Waals surface area contributed by atoms with E-state index in [2.05, 4.69) is 38.7 Å². The second-order valence-electron chi connectivity index (χ2n) is 2.47. The van der Waals surface area contributed by atoms with E-state index < -0.39 is 0 Å². The van der Waals surface area contributed by atoms with E-state index in [0.717, 1.165) is 0 Å². The Bertz CT molecular complexity index is 104. The zero-order valence-electron chi connectivity index (χ0n) is 6.46. The van der Waals surface area contributed by atoms with Gasteiger partial charge in [0.15, 0.2) is 0 Å². The first-order valence-corrected chi connectivity index (χ1v) is 4.38. The molecule has 0 aromatic heterocycles. The first kappa shape index (κ1) is 10.2. The lowest BCUT2D eigenvalue weighted by Crippen LogP contribution is -2.06. The van der Waals surface area contributed by atoms with Crippen LogP contribution < -0.4 is 0 Å². The van der Waals surface area contributed by atoms with Gasteiger partial charge in [0.2, 0.25) is 4.38 Å². The van der Waals surface area contributed by atoms with E-state index in [1.54, 1.807) is 0 Å². The zero-order chi connectivity index (χ0) is 7.98. The molecule has 0 aromatic rings. The van der Waals surface area contributed by atoms with Crippen molar-refractivity contribution in [3.05, 3.63) is 0 Å². The van der Waals surface area contributed by atoms with Crippen molar-refractivity contribution in [2.45, 2.75) is 26.7 Å². The summed E-state index contributed by atoms with van der Waals surface area (Å²) < 4.78 is 5.40. The maximum atomic E-state index is 5.05. The SMILES string of the molecule is CCCC(C)COC(=S)S. The Balaban J connectivity index is 3.21. The van der Waals surface area contributed by atoms with E-state index >= 15 is 0 Å². The highest BCUT2D eigenvalue weighted by atomic mass is 32.1. The number of hydrogen-bond acceptors (Lipinski definition) is 2. The largest absolute Gasteiger partial charge is 0.478 e. The Kier molecular flexibility index (Phi) is 6.13. The topological polar surface area (TPSA) is 9.23 Å². The lowest BCUT2D eigenvalue weighted by molar-refractivity contribution is 0.252.